The minimum absolute atomic E-state index is 0.266. The van der Waals surface area contributed by atoms with Crippen LogP contribution in [0.5, 0.6) is 0 Å². The predicted molar refractivity (Wildman–Crippen MR) is 136 cm³/mol. The maximum Gasteiger partial charge on any atom is 0.252 e. The van der Waals surface area contributed by atoms with Crippen molar-refractivity contribution in [3.8, 4) is 6.07 Å². The van der Waals surface area contributed by atoms with Crippen molar-refractivity contribution in [1.82, 2.24) is 25.1 Å². The Morgan fingerprint density at radius 3 is 2.75 bits per heavy atom. The summed E-state index contributed by atoms with van der Waals surface area (Å²) in [4.78, 5) is 22.4. The van der Waals surface area contributed by atoms with E-state index >= 15 is 0 Å². The molecule has 2 aromatic carbocycles. The highest BCUT2D eigenvalue weighted by Gasteiger charge is 2.21. The van der Waals surface area contributed by atoms with Gasteiger partial charge >= 0.3 is 0 Å². The number of nitriles is 1. The lowest BCUT2D eigenvalue weighted by atomic mass is 9.99. The Morgan fingerprint density at radius 2 is 2.03 bits per heavy atom. The second-order valence-electron chi connectivity index (χ2n) is 8.70. The van der Waals surface area contributed by atoms with E-state index in [0.717, 1.165) is 42.6 Å². The van der Waals surface area contributed by atoms with Gasteiger partial charge in [0.05, 0.1) is 28.3 Å². The molecule has 1 fully saturated rings. The van der Waals surface area contributed by atoms with Gasteiger partial charge in [0.1, 0.15) is 6.07 Å². The number of benzene rings is 2. The number of carbonyl (C=O) groups excluding carboxylic acids is 1. The highest BCUT2D eigenvalue weighted by molar-refractivity contribution is 6.31. The molecule has 1 aliphatic rings. The van der Waals surface area contributed by atoms with Crippen molar-refractivity contribution in [2.45, 2.75) is 24.9 Å². The highest BCUT2D eigenvalue weighted by atomic mass is 35.5. The third kappa shape index (κ3) is 5.15. The first kappa shape index (κ1) is 23.7. The maximum atomic E-state index is 13.4. The van der Waals surface area contributed by atoms with Crippen LogP contribution in [-0.4, -0.2) is 44.9 Å². The van der Waals surface area contributed by atoms with Crippen molar-refractivity contribution in [3.63, 3.8) is 0 Å². The Bertz CT molecular complexity index is 1460. The van der Waals surface area contributed by atoms with Gasteiger partial charge in [0.2, 0.25) is 5.95 Å². The number of anilines is 1. The Labute approximate surface area is 213 Å². The van der Waals surface area contributed by atoms with E-state index in [-0.39, 0.29) is 11.9 Å². The summed E-state index contributed by atoms with van der Waals surface area (Å²) in [5.41, 5.74) is 3.04. The number of hydrogen-bond acceptors (Lipinski definition) is 7. The van der Waals surface area contributed by atoms with Gasteiger partial charge in [-0.05, 0) is 42.7 Å². The fraction of sp³-hybridized carbons (Fsp3) is 0.269. The van der Waals surface area contributed by atoms with Crippen LogP contribution in [0.1, 0.15) is 45.9 Å². The van der Waals surface area contributed by atoms with Gasteiger partial charge in [0.15, 0.2) is 0 Å². The molecule has 1 saturated heterocycles. The summed E-state index contributed by atoms with van der Waals surface area (Å²) < 4.78 is 7.08. The molecule has 10 heteroatoms. The van der Waals surface area contributed by atoms with Crippen LogP contribution in [-0.2, 0) is 11.8 Å². The normalized spacial score (nSPS) is 14.8. The summed E-state index contributed by atoms with van der Waals surface area (Å²) in [6, 6.07) is 12.3. The van der Waals surface area contributed by atoms with E-state index in [9.17, 15) is 10.1 Å². The number of amides is 1. The van der Waals surface area contributed by atoms with E-state index in [1.54, 1.807) is 47.4 Å². The van der Waals surface area contributed by atoms with Crippen LogP contribution in [0.3, 0.4) is 0 Å². The Balaban J connectivity index is 1.41. The molecule has 0 aliphatic carbocycles. The average Bonchev–Trinajstić information content (AvgIpc) is 3.33. The fourth-order valence-electron chi connectivity index (χ4n) is 4.22. The minimum atomic E-state index is -0.511. The number of ether oxygens (including phenoxy) is 1. The van der Waals surface area contributed by atoms with Crippen LogP contribution in [0.2, 0.25) is 5.02 Å². The van der Waals surface area contributed by atoms with Gasteiger partial charge in [0.25, 0.3) is 5.91 Å². The molecule has 0 saturated carbocycles. The van der Waals surface area contributed by atoms with E-state index in [4.69, 9.17) is 16.3 Å². The van der Waals surface area contributed by atoms with Crippen LogP contribution in [0.4, 0.5) is 5.95 Å². The molecular weight excluding hydrogens is 478 g/mol. The molecular formula is C26H24ClN7O2. The van der Waals surface area contributed by atoms with Gasteiger partial charge in [-0.2, -0.15) is 10.4 Å². The number of hydrogen-bond donors (Lipinski definition) is 2. The van der Waals surface area contributed by atoms with E-state index in [1.165, 1.54) is 0 Å². The van der Waals surface area contributed by atoms with Crippen molar-refractivity contribution < 1.29 is 9.53 Å². The largest absolute Gasteiger partial charge is 0.381 e. The van der Waals surface area contributed by atoms with E-state index < -0.39 is 6.04 Å². The summed E-state index contributed by atoms with van der Waals surface area (Å²) in [7, 11) is 1.81. The van der Waals surface area contributed by atoms with E-state index in [2.05, 4.69) is 31.8 Å². The Morgan fingerprint density at radius 1 is 1.19 bits per heavy atom. The summed E-state index contributed by atoms with van der Waals surface area (Å²) >= 11 is 6.29. The summed E-state index contributed by atoms with van der Waals surface area (Å²) in [6.07, 6.45) is 7.08. The quantitative estimate of drug-likeness (QED) is 0.410. The maximum absolute atomic E-state index is 13.4. The van der Waals surface area contributed by atoms with Gasteiger partial charge in [-0.3, -0.25) is 9.48 Å². The third-order valence-electron chi connectivity index (χ3n) is 6.18. The third-order valence-corrected chi connectivity index (χ3v) is 6.49. The standard InChI is InChI=1S/C26H24ClN7O2/c1-34-15-20(14-30-34)24(16-2-4-18(12-28)22(27)10-16)33-25(35)17-3-5-19-13-29-26(32-23(19)11-17)31-21-6-8-36-9-7-21/h2-5,10-11,13-15,21,24H,6-9H2,1H3,(H,33,35)(H,29,31,32). The number of nitrogens with one attached hydrogen (secondary N) is 2. The molecule has 4 aromatic rings. The molecule has 5 rings (SSSR count). The summed E-state index contributed by atoms with van der Waals surface area (Å²) in [5.74, 6) is 0.260. The molecule has 1 aliphatic heterocycles. The molecule has 0 radical (unpaired) electrons. The fourth-order valence-corrected chi connectivity index (χ4v) is 4.45. The topological polar surface area (TPSA) is 118 Å². The van der Waals surface area contributed by atoms with Crippen molar-refractivity contribution in [2.24, 2.45) is 7.05 Å². The lowest BCUT2D eigenvalue weighted by Crippen LogP contribution is -2.29. The molecule has 36 heavy (non-hydrogen) atoms. The molecule has 9 nitrogen and oxygen atoms in total. The molecule has 3 heterocycles. The number of halogens is 1. The van der Waals surface area contributed by atoms with Crippen LogP contribution in [0, 0.1) is 11.3 Å². The number of nitrogens with zero attached hydrogens (tertiary/aromatic N) is 5. The molecule has 2 N–H and O–H groups in total. The zero-order valence-electron chi connectivity index (χ0n) is 19.6. The molecule has 2 aromatic heterocycles. The van der Waals surface area contributed by atoms with Crippen LogP contribution >= 0.6 is 11.6 Å². The monoisotopic (exact) mass is 501 g/mol. The summed E-state index contributed by atoms with van der Waals surface area (Å²) in [5, 5.41) is 21.1. The second-order valence-corrected chi connectivity index (χ2v) is 9.11. The van der Waals surface area contributed by atoms with E-state index in [1.807, 2.05) is 19.3 Å². The van der Waals surface area contributed by atoms with Crippen LogP contribution in [0.25, 0.3) is 10.9 Å². The Kier molecular flexibility index (Phi) is 6.80. The first-order valence-electron chi connectivity index (χ1n) is 11.6. The average molecular weight is 502 g/mol. The molecule has 0 spiro atoms. The lowest BCUT2D eigenvalue weighted by Gasteiger charge is -2.23. The molecule has 182 valence electrons. The van der Waals surface area contributed by atoms with E-state index in [0.29, 0.717) is 27.6 Å². The van der Waals surface area contributed by atoms with Crippen molar-refractivity contribution in [1.29, 1.82) is 5.26 Å². The number of fused-ring (bicyclic) bond motifs is 1. The minimum Gasteiger partial charge on any atom is -0.381 e. The molecule has 0 bridgehead atoms. The van der Waals surface area contributed by atoms with Gasteiger partial charge in [0, 0.05) is 55.2 Å². The van der Waals surface area contributed by atoms with Crippen molar-refractivity contribution in [3.05, 3.63) is 82.3 Å². The lowest BCUT2D eigenvalue weighted by molar-refractivity contribution is 0.0903. The van der Waals surface area contributed by atoms with Gasteiger partial charge in [-0.15, -0.1) is 0 Å². The smallest absolute Gasteiger partial charge is 0.252 e. The first-order valence-corrected chi connectivity index (χ1v) is 12.0. The molecule has 1 amide bonds. The van der Waals surface area contributed by atoms with Gasteiger partial charge in [-0.1, -0.05) is 23.7 Å². The second kappa shape index (κ2) is 10.3. The van der Waals surface area contributed by atoms with Crippen molar-refractivity contribution >= 4 is 34.4 Å². The SMILES string of the molecule is Cn1cc(C(NC(=O)c2ccc3cnc(NC4CCOCC4)nc3c2)c2ccc(C#N)c(Cl)c2)cn1. The van der Waals surface area contributed by atoms with Crippen molar-refractivity contribution in [2.75, 3.05) is 18.5 Å². The highest BCUT2D eigenvalue weighted by Crippen LogP contribution is 2.27. The zero-order chi connectivity index (χ0) is 25.1. The molecule has 1 atom stereocenters. The predicted octanol–water partition coefficient (Wildman–Crippen LogP) is 4.00. The van der Waals surface area contributed by atoms with Crippen LogP contribution in [0.15, 0.2) is 55.0 Å². The Hall–Kier alpha value is -4.00. The van der Waals surface area contributed by atoms with Crippen LogP contribution < -0.4 is 10.6 Å². The zero-order valence-corrected chi connectivity index (χ0v) is 20.4. The number of carbonyl (C=O) groups is 1. The van der Waals surface area contributed by atoms with Gasteiger partial charge < -0.3 is 15.4 Å². The molecule has 1 unspecified atom stereocenters. The number of rotatable bonds is 6. The number of aryl methyl sites for hydroxylation is 1. The van der Waals surface area contributed by atoms with Gasteiger partial charge in [-0.25, -0.2) is 9.97 Å². The summed E-state index contributed by atoms with van der Waals surface area (Å²) in [6.45, 7) is 1.44. The number of aromatic nitrogens is 4. The first-order chi connectivity index (χ1) is 17.5.